The van der Waals surface area contributed by atoms with Crippen LogP contribution in [0, 0.1) is 0 Å². The summed E-state index contributed by atoms with van der Waals surface area (Å²) in [5.41, 5.74) is -0.117. The molecular formula is C26H30F3N7O2S2. The van der Waals surface area contributed by atoms with Gasteiger partial charge in [-0.1, -0.05) is 11.3 Å². The lowest BCUT2D eigenvalue weighted by Gasteiger charge is -2.34. The zero-order valence-electron chi connectivity index (χ0n) is 22.0. The van der Waals surface area contributed by atoms with Gasteiger partial charge in [0.2, 0.25) is 0 Å². The highest BCUT2D eigenvalue weighted by molar-refractivity contribution is 7.17. The van der Waals surface area contributed by atoms with Crippen molar-refractivity contribution in [3.63, 3.8) is 0 Å². The molecule has 1 atom stereocenters. The van der Waals surface area contributed by atoms with E-state index in [1.54, 1.807) is 6.20 Å². The fraction of sp³-hybridized carbons (Fsp3) is 0.500. The molecule has 0 aromatic carbocycles. The van der Waals surface area contributed by atoms with Gasteiger partial charge >= 0.3 is 6.18 Å². The van der Waals surface area contributed by atoms with Gasteiger partial charge in [0.25, 0.3) is 5.91 Å². The normalized spacial score (nSPS) is 18.8. The molecule has 3 aromatic rings. The predicted molar refractivity (Wildman–Crippen MR) is 149 cm³/mol. The molecule has 214 valence electrons. The lowest BCUT2D eigenvalue weighted by molar-refractivity contribution is -0.137. The second-order valence-electron chi connectivity index (χ2n) is 9.95. The van der Waals surface area contributed by atoms with Crippen molar-refractivity contribution in [1.82, 2.24) is 24.8 Å². The Morgan fingerprint density at radius 1 is 1.18 bits per heavy atom. The van der Waals surface area contributed by atoms with Crippen molar-refractivity contribution in [3.8, 4) is 10.6 Å². The Kier molecular flexibility index (Phi) is 8.78. The number of thiazole rings is 1. The van der Waals surface area contributed by atoms with Crippen molar-refractivity contribution in [3.05, 3.63) is 40.0 Å². The molecule has 0 radical (unpaired) electrons. The molecule has 1 N–H and O–H groups in total. The Bertz CT molecular complexity index is 1320. The smallest absolute Gasteiger partial charge is 0.353 e. The van der Waals surface area contributed by atoms with Gasteiger partial charge in [0, 0.05) is 62.0 Å². The molecule has 2 aliphatic heterocycles. The Morgan fingerprint density at radius 3 is 2.60 bits per heavy atom. The van der Waals surface area contributed by atoms with Crippen LogP contribution >= 0.6 is 22.7 Å². The molecule has 0 aliphatic carbocycles. The largest absolute Gasteiger partial charge is 0.417 e. The molecule has 5 heterocycles. The molecule has 2 fully saturated rings. The molecule has 1 amide bonds. The Morgan fingerprint density at radius 2 is 1.98 bits per heavy atom. The molecule has 2 aliphatic rings. The number of halogens is 3. The number of nitrogens with zero attached hydrogens (tertiary/aromatic N) is 6. The number of thiophene rings is 1. The van der Waals surface area contributed by atoms with Crippen molar-refractivity contribution in [2.75, 3.05) is 49.5 Å². The van der Waals surface area contributed by atoms with Crippen LogP contribution in [-0.4, -0.2) is 82.3 Å². The van der Waals surface area contributed by atoms with Crippen LogP contribution < -0.4 is 10.2 Å². The van der Waals surface area contributed by atoms with Gasteiger partial charge in [-0.25, -0.2) is 15.0 Å². The Balaban J connectivity index is 1.28. The van der Waals surface area contributed by atoms with Gasteiger partial charge < -0.3 is 9.69 Å². The van der Waals surface area contributed by atoms with Gasteiger partial charge in [0.05, 0.1) is 28.5 Å². The minimum absolute atomic E-state index is 0.121. The molecule has 3 aromatic heterocycles. The number of carbonyl (C=O) groups excluding carboxylic acids is 2. The van der Waals surface area contributed by atoms with Crippen LogP contribution in [0.2, 0.25) is 0 Å². The van der Waals surface area contributed by atoms with E-state index in [0.29, 0.717) is 40.5 Å². The molecule has 5 rings (SSSR count). The number of amides is 1. The molecule has 0 saturated carbocycles. The van der Waals surface area contributed by atoms with Crippen molar-refractivity contribution < 1.29 is 22.8 Å². The average molecular weight is 594 g/mol. The molecule has 40 heavy (non-hydrogen) atoms. The monoisotopic (exact) mass is 593 g/mol. The highest BCUT2D eigenvalue weighted by atomic mass is 32.1. The number of nitrogens with one attached hydrogen (secondary N) is 1. The number of alkyl halides is 3. The summed E-state index contributed by atoms with van der Waals surface area (Å²) in [5.74, 6) is 0.185. The zero-order valence-corrected chi connectivity index (χ0v) is 23.6. The predicted octanol–water partition coefficient (Wildman–Crippen LogP) is 4.63. The zero-order chi connectivity index (χ0) is 28.3. The summed E-state index contributed by atoms with van der Waals surface area (Å²) in [4.78, 5) is 44.7. The van der Waals surface area contributed by atoms with E-state index < -0.39 is 17.6 Å². The number of anilines is 2. The van der Waals surface area contributed by atoms with E-state index in [4.69, 9.17) is 0 Å². The topological polar surface area (TPSA) is 94.6 Å². The molecule has 2 saturated heterocycles. The van der Waals surface area contributed by atoms with Crippen LogP contribution in [0.1, 0.15) is 47.1 Å². The second-order valence-corrected chi connectivity index (χ2v) is 11.9. The van der Waals surface area contributed by atoms with E-state index in [1.807, 2.05) is 0 Å². The van der Waals surface area contributed by atoms with Gasteiger partial charge in [-0.3, -0.25) is 19.9 Å². The summed E-state index contributed by atoms with van der Waals surface area (Å²) in [6.07, 6.45) is 2.13. The van der Waals surface area contributed by atoms with Crippen molar-refractivity contribution in [2.24, 2.45) is 0 Å². The number of likely N-dealkylation sites (tertiary alicyclic amines) is 1. The maximum atomic E-state index is 13.3. The summed E-state index contributed by atoms with van der Waals surface area (Å²) in [7, 11) is 0. The van der Waals surface area contributed by atoms with Gasteiger partial charge in [0.1, 0.15) is 17.8 Å². The first-order valence-corrected chi connectivity index (χ1v) is 14.8. The van der Waals surface area contributed by atoms with Crippen LogP contribution in [0.25, 0.3) is 10.6 Å². The number of piperazine rings is 1. The maximum Gasteiger partial charge on any atom is 0.417 e. The van der Waals surface area contributed by atoms with Crippen LogP contribution in [0.5, 0.6) is 0 Å². The first kappa shape index (κ1) is 28.6. The highest BCUT2D eigenvalue weighted by Crippen LogP contribution is 2.40. The minimum atomic E-state index is -4.43. The van der Waals surface area contributed by atoms with E-state index in [-0.39, 0.29) is 5.69 Å². The fourth-order valence-corrected chi connectivity index (χ4v) is 6.92. The van der Waals surface area contributed by atoms with E-state index in [0.717, 1.165) is 86.1 Å². The van der Waals surface area contributed by atoms with Gasteiger partial charge in [-0.05, 0) is 32.4 Å². The number of carbonyl (C=O) groups is 2. The van der Waals surface area contributed by atoms with Crippen molar-refractivity contribution in [2.45, 2.75) is 44.9 Å². The second kappa shape index (κ2) is 12.3. The van der Waals surface area contributed by atoms with Crippen LogP contribution in [-0.2, 0) is 17.5 Å². The van der Waals surface area contributed by atoms with Gasteiger partial charge in [-0.2, -0.15) is 13.2 Å². The number of rotatable bonds is 9. The third-order valence-electron chi connectivity index (χ3n) is 7.25. The van der Waals surface area contributed by atoms with E-state index in [9.17, 15) is 22.8 Å². The lowest BCUT2D eigenvalue weighted by Crippen LogP contribution is -2.47. The quantitative estimate of drug-likeness (QED) is 0.359. The first-order valence-electron chi connectivity index (χ1n) is 13.2. The summed E-state index contributed by atoms with van der Waals surface area (Å²) >= 11 is 2.27. The summed E-state index contributed by atoms with van der Waals surface area (Å²) < 4.78 is 39.8. The lowest BCUT2D eigenvalue weighted by atomic mass is 10.2. The molecule has 14 heteroatoms. The SMILES string of the molecule is CC1CCCN1Cc1sc(NC(=O)c2cnc(N3CCN(CCC=O)CC3)cn2)nc1-c1cc(C(F)(F)F)cs1. The van der Waals surface area contributed by atoms with Gasteiger partial charge in [-0.15, -0.1) is 11.3 Å². The minimum Gasteiger partial charge on any atom is -0.353 e. The van der Waals surface area contributed by atoms with E-state index >= 15 is 0 Å². The van der Waals surface area contributed by atoms with Crippen LogP contribution in [0.15, 0.2) is 23.8 Å². The summed E-state index contributed by atoms with van der Waals surface area (Å²) in [6.45, 7) is 7.48. The van der Waals surface area contributed by atoms with Crippen molar-refractivity contribution >= 4 is 45.8 Å². The molecule has 1 unspecified atom stereocenters. The molecule has 9 nitrogen and oxygen atoms in total. The number of hydrogen-bond acceptors (Lipinski definition) is 10. The number of aldehydes is 1. The third kappa shape index (κ3) is 6.67. The summed E-state index contributed by atoms with van der Waals surface area (Å²) in [6, 6.07) is 1.49. The van der Waals surface area contributed by atoms with E-state index in [2.05, 4.69) is 41.9 Å². The Labute approximate surface area is 238 Å². The standard InChI is InChI=1S/C26H30F3N7O2S2/c1-17-4-2-6-36(17)15-21-23(20-12-18(16-39-20)26(27,28)29)32-25(40-21)33-24(38)19-13-31-22(14-30-19)35-9-7-34(8-10-35)5-3-11-37/h11-14,16-17H,2-10,15H2,1H3,(H,32,33,38). The molecule has 0 spiro atoms. The van der Waals surface area contributed by atoms with Crippen LogP contribution in [0.3, 0.4) is 0 Å². The third-order valence-corrected chi connectivity index (χ3v) is 9.14. The number of hydrogen-bond donors (Lipinski definition) is 1. The van der Waals surface area contributed by atoms with Crippen LogP contribution in [0.4, 0.5) is 24.1 Å². The first-order chi connectivity index (χ1) is 19.2. The maximum absolute atomic E-state index is 13.3. The molecule has 0 bridgehead atoms. The molecular weight excluding hydrogens is 563 g/mol. The fourth-order valence-electron chi connectivity index (χ4n) is 4.92. The number of aromatic nitrogens is 3. The van der Waals surface area contributed by atoms with E-state index in [1.165, 1.54) is 17.5 Å². The average Bonchev–Trinajstić information content (AvgIpc) is 3.68. The van der Waals surface area contributed by atoms with Gasteiger partial charge in [0.15, 0.2) is 5.13 Å². The Hall–Kier alpha value is -2.94. The highest BCUT2D eigenvalue weighted by Gasteiger charge is 2.33. The van der Waals surface area contributed by atoms with Crippen molar-refractivity contribution in [1.29, 1.82) is 0 Å². The summed E-state index contributed by atoms with van der Waals surface area (Å²) in [5, 5.41) is 4.17.